The number of aryl methyl sites for hydroxylation is 1. The van der Waals surface area contributed by atoms with Crippen molar-refractivity contribution in [2.45, 2.75) is 12.3 Å². The fourth-order valence-electron chi connectivity index (χ4n) is 3.13. The number of rotatable bonds is 3. The van der Waals surface area contributed by atoms with Crippen LogP contribution >= 0.6 is 11.8 Å². The molecule has 1 aromatic heterocycles. The number of hydrogen-bond acceptors (Lipinski definition) is 5. The topological polar surface area (TPSA) is 64.4 Å². The van der Waals surface area contributed by atoms with Crippen LogP contribution in [0.4, 0.5) is 0 Å². The Morgan fingerprint density at radius 1 is 1.12 bits per heavy atom. The van der Waals surface area contributed by atoms with Crippen LogP contribution in [0.3, 0.4) is 0 Å². The van der Waals surface area contributed by atoms with Crippen molar-refractivity contribution in [3.05, 3.63) is 70.3 Å². The zero-order chi connectivity index (χ0) is 18.3. The third-order valence-corrected chi connectivity index (χ3v) is 5.58. The van der Waals surface area contributed by atoms with Crippen molar-refractivity contribution in [3.63, 3.8) is 0 Å². The highest BCUT2D eigenvalue weighted by molar-refractivity contribution is 8.00. The van der Waals surface area contributed by atoms with Gasteiger partial charge in [0, 0.05) is 0 Å². The average Bonchev–Trinajstić information content (AvgIpc) is 3.03. The highest BCUT2D eigenvalue weighted by Gasteiger charge is 2.36. The molecule has 0 aliphatic carbocycles. The maximum atomic E-state index is 13.1. The van der Waals surface area contributed by atoms with E-state index in [1.807, 2.05) is 30.3 Å². The Hall–Kier alpha value is -2.80. The van der Waals surface area contributed by atoms with Crippen LogP contribution < -0.4 is 15.3 Å². The van der Waals surface area contributed by atoms with Gasteiger partial charge >= 0.3 is 0 Å². The quantitative estimate of drug-likeness (QED) is 0.712. The van der Waals surface area contributed by atoms with Gasteiger partial charge in [-0.25, -0.2) is 9.99 Å². The zero-order valence-corrected chi connectivity index (χ0v) is 15.2. The molecule has 132 valence electrons. The SMILES string of the molecule is COc1ccc(C2SCC(=O)N2n2c(C)nc3ccccc3c2=O)cc1. The molecule has 1 fully saturated rings. The Morgan fingerprint density at radius 3 is 2.58 bits per heavy atom. The number of aromatic nitrogens is 2. The summed E-state index contributed by atoms with van der Waals surface area (Å²) in [6.07, 6.45) is 0. The van der Waals surface area contributed by atoms with Crippen LogP contribution in [-0.2, 0) is 4.79 Å². The molecule has 0 saturated carbocycles. The maximum absolute atomic E-state index is 13.1. The summed E-state index contributed by atoms with van der Waals surface area (Å²) < 4.78 is 6.60. The fourth-order valence-corrected chi connectivity index (χ4v) is 4.26. The van der Waals surface area contributed by atoms with E-state index in [1.54, 1.807) is 32.2 Å². The van der Waals surface area contributed by atoms with E-state index < -0.39 is 0 Å². The summed E-state index contributed by atoms with van der Waals surface area (Å²) in [7, 11) is 1.61. The Bertz CT molecular complexity index is 1050. The minimum atomic E-state index is -0.284. The molecule has 2 aromatic carbocycles. The summed E-state index contributed by atoms with van der Waals surface area (Å²) >= 11 is 1.49. The number of fused-ring (bicyclic) bond motifs is 1. The number of nitrogens with zero attached hydrogens (tertiary/aromatic N) is 3. The standard InChI is InChI=1S/C19H17N3O3S/c1-12-20-16-6-4-3-5-15(16)18(24)21(12)22-17(23)11-26-19(22)13-7-9-14(25-2)10-8-13/h3-10,19H,11H2,1-2H3. The van der Waals surface area contributed by atoms with E-state index in [2.05, 4.69) is 4.98 Å². The van der Waals surface area contributed by atoms with Crippen molar-refractivity contribution in [2.75, 3.05) is 17.9 Å². The minimum Gasteiger partial charge on any atom is -0.497 e. The van der Waals surface area contributed by atoms with Gasteiger partial charge in [-0.05, 0) is 36.8 Å². The van der Waals surface area contributed by atoms with E-state index in [0.717, 1.165) is 11.3 Å². The summed E-state index contributed by atoms with van der Waals surface area (Å²) in [5, 5.41) is 1.73. The molecule has 0 N–H and O–H groups in total. The first-order chi connectivity index (χ1) is 12.6. The summed E-state index contributed by atoms with van der Waals surface area (Å²) in [5.41, 5.74) is 1.33. The molecule has 7 heteroatoms. The molecule has 1 amide bonds. The average molecular weight is 367 g/mol. The predicted molar refractivity (Wildman–Crippen MR) is 102 cm³/mol. The van der Waals surface area contributed by atoms with Crippen molar-refractivity contribution in [2.24, 2.45) is 0 Å². The van der Waals surface area contributed by atoms with Crippen molar-refractivity contribution in [1.29, 1.82) is 0 Å². The van der Waals surface area contributed by atoms with Crippen LogP contribution in [0.25, 0.3) is 10.9 Å². The lowest BCUT2D eigenvalue weighted by Gasteiger charge is -2.27. The molecule has 0 spiro atoms. The summed E-state index contributed by atoms with van der Waals surface area (Å²) in [4.78, 5) is 30.2. The molecular weight excluding hydrogens is 350 g/mol. The smallest absolute Gasteiger partial charge is 0.280 e. The molecule has 1 aliphatic heterocycles. The van der Waals surface area contributed by atoms with Crippen LogP contribution in [0.2, 0.25) is 0 Å². The van der Waals surface area contributed by atoms with Crippen molar-refractivity contribution in [3.8, 4) is 5.75 Å². The molecule has 0 radical (unpaired) electrons. The lowest BCUT2D eigenvalue weighted by molar-refractivity contribution is -0.117. The van der Waals surface area contributed by atoms with Gasteiger partial charge in [-0.15, -0.1) is 11.8 Å². The van der Waals surface area contributed by atoms with E-state index in [-0.39, 0.29) is 16.8 Å². The number of carbonyl (C=O) groups excluding carboxylic acids is 1. The molecule has 6 nitrogen and oxygen atoms in total. The van der Waals surface area contributed by atoms with Gasteiger partial charge in [-0.1, -0.05) is 24.3 Å². The number of hydrogen-bond donors (Lipinski definition) is 0. The van der Waals surface area contributed by atoms with Crippen molar-refractivity contribution < 1.29 is 9.53 Å². The molecule has 1 atom stereocenters. The lowest BCUT2D eigenvalue weighted by Crippen LogP contribution is -2.46. The van der Waals surface area contributed by atoms with Crippen LogP contribution in [0.1, 0.15) is 16.8 Å². The van der Waals surface area contributed by atoms with Crippen LogP contribution in [-0.4, -0.2) is 28.4 Å². The van der Waals surface area contributed by atoms with Gasteiger partial charge in [0.15, 0.2) is 0 Å². The molecular formula is C19H17N3O3S. The van der Waals surface area contributed by atoms with Crippen LogP contribution in [0.15, 0.2) is 53.3 Å². The first-order valence-corrected chi connectivity index (χ1v) is 9.21. The number of ether oxygens (including phenoxy) is 1. The van der Waals surface area contributed by atoms with Gasteiger partial charge in [0.2, 0.25) is 0 Å². The van der Waals surface area contributed by atoms with E-state index in [4.69, 9.17) is 4.74 Å². The first kappa shape index (κ1) is 16.7. The molecule has 0 bridgehead atoms. The summed E-state index contributed by atoms with van der Waals surface area (Å²) in [5.74, 6) is 1.44. The largest absolute Gasteiger partial charge is 0.497 e. The number of methoxy groups -OCH3 is 1. The van der Waals surface area contributed by atoms with Crippen molar-refractivity contribution in [1.82, 2.24) is 9.66 Å². The maximum Gasteiger partial charge on any atom is 0.280 e. The molecule has 3 aromatic rings. The summed E-state index contributed by atoms with van der Waals surface area (Å²) in [6, 6.07) is 14.7. The van der Waals surface area contributed by atoms with Gasteiger partial charge in [0.05, 0.1) is 23.8 Å². The minimum absolute atomic E-state index is 0.113. The van der Waals surface area contributed by atoms with Crippen LogP contribution in [0.5, 0.6) is 5.75 Å². The third kappa shape index (κ3) is 2.64. The Balaban J connectivity index is 1.85. The number of amides is 1. The van der Waals surface area contributed by atoms with Gasteiger partial charge < -0.3 is 4.74 Å². The Labute approximate surface area is 154 Å². The third-order valence-electron chi connectivity index (χ3n) is 4.37. The Morgan fingerprint density at radius 2 is 1.85 bits per heavy atom. The second kappa shape index (κ2) is 6.49. The normalized spacial score (nSPS) is 17.1. The van der Waals surface area contributed by atoms with E-state index in [9.17, 15) is 9.59 Å². The number of para-hydroxylation sites is 1. The highest BCUT2D eigenvalue weighted by Crippen LogP contribution is 2.37. The second-order valence-electron chi connectivity index (χ2n) is 5.97. The van der Waals surface area contributed by atoms with Crippen molar-refractivity contribution >= 4 is 28.6 Å². The number of benzene rings is 2. The highest BCUT2D eigenvalue weighted by atomic mass is 32.2. The Kier molecular flexibility index (Phi) is 4.16. The number of thioether (sulfide) groups is 1. The zero-order valence-electron chi connectivity index (χ0n) is 14.4. The van der Waals surface area contributed by atoms with E-state index >= 15 is 0 Å². The second-order valence-corrected chi connectivity index (χ2v) is 7.04. The van der Waals surface area contributed by atoms with E-state index in [1.165, 1.54) is 21.4 Å². The van der Waals surface area contributed by atoms with E-state index in [0.29, 0.717) is 22.5 Å². The molecule has 1 saturated heterocycles. The molecule has 26 heavy (non-hydrogen) atoms. The monoisotopic (exact) mass is 367 g/mol. The fraction of sp³-hybridized carbons (Fsp3) is 0.211. The number of carbonyl (C=O) groups is 1. The molecule has 2 heterocycles. The molecule has 1 aliphatic rings. The van der Waals surface area contributed by atoms with Crippen LogP contribution in [0, 0.1) is 6.92 Å². The molecule has 1 unspecified atom stereocenters. The first-order valence-electron chi connectivity index (χ1n) is 8.16. The molecule has 4 rings (SSSR count). The van der Waals surface area contributed by atoms with Gasteiger partial charge in [0.25, 0.3) is 11.5 Å². The lowest BCUT2D eigenvalue weighted by atomic mass is 10.2. The predicted octanol–water partition coefficient (Wildman–Crippen LogP) is 2.62. The van der Waals surface area contributed by atoms with Gasteiger partial charge in [-0.2, -0.15) is 4.68 Å². The van der Waals surface area contributed by atoms with Gasteiger partial charge in [-0.3, -0.25) is 9.59 Å². The van der Waals surface area contributed by atoms with Gasteiger partial charge in [0.1, 0.15) is 16.9 Å². The summed E-state index contributed by atoms with van der Waals surface area (Å²) in [6.45, 7) is 1.75.